The van der Waals surface area contributed by atoms with Crippen LogP contribution in [0.15, 0.2) is 65.6 Å². The quantitative estimate of drug-likeness (QED) is 0.477. The first kappa shape index (κ1) is 24.6. The van der Waals surface area contributed by atoms with E-state index in [-0.39, 0.29) is 17.9 Å². The lowest BCUT2D eigenvalue weighted by Crippen LogP contribution is -2.37. The van der Waals surface area contributed by atoms with Gasteiger partial charge in [0.25, 0.3) is 5.91 Å². The van der Waals surface area contributed by atoms with E-state index in [1.165, 1.54) is 18.2 Å². The van der Waals surface area contributed by atoms with Crippen LogP contribution in [0.2, 0.25) is 0 Å². The fraction of sp³-hybridized carbons (Fsp3) is 0.167. The molecule has 1 aliphatic rings. The minimum absolute atomic E-state index is 0.110. The zero-order valence-corrected chi connectivity index (χ0v) is 18.4. The van der Waals surface area contributed by atoms with E-state index in [0.29, 0.717) is 11.3 Å². The smallest absolute Gasteiger partial charge is 0.414 e. The number of nitrogens with one attached hydrogen (secondary N) is 2. The molecule has 0 bridgehead atoms. The number of ether oxygens (including phenoxy) is 1. The van der Waals surface area contributed by atoms with Crippen LogP contribution < -0.4 is 21.0 Å². The summed E-state index contributed by atoms with van der Waals surface area (Å²) in [6.07, 6.45) is -3.64. The van der Waals surface area contributed by atoms with Crippen molar-refractivity contribution in [2.75, 3.05) is 23.3 Å². The van der Waals surface area contributed by atoms with Gasteiger partial charge in [-0.3, -0.25) is 19.5 Å². The number of carbonyl (C=O) groups excluding carboxylic acids is 2. The molecule has 2 N–H and O–H groups in total. The van der Waals surface area contributed by atoms with E-state index in [4.69, 9.17) is 4.74 Å². The Morgan fingerprint density at radius 1 is 1.08 bits per heavy atom. The molecule has 2 aromatic carbocycles. The number of alkyl halides is 2. The highest BCUT2D eigenvalue weighted by Gasteiger charge is 2.34. The van der Waals surface area contributed by atoms with E-state index in [1.807, 2.05) is 5.32 Å². The number of hydrogen-bond acceptors (Lipinski definition) is 6. The number of hydrogen-bond donors (Lipinski definition) is 2. The lowest BCUT2D eigenvalue weighted by Gasteiger charge is -2.16. The predicted octanol–water partition coefficient (Wildman–Crippen LogP) is 3.84. The summed E-state index contributed by atoms with van der Waals surface area (Å²) in [4.78, 5) is 40.7. The van der Waals surface area contributed by atoms with Crippen LogP contribution in [-0.2, 0) is 9.53 Å². The van der Waals surface area contributed by atoms with Crippen molar-refractivity contribution < 1.29 is 31.9 Å². The van der Waals surface area contributed by atoms with Crippen LogP contribution in [0, 0.1) is 11.6 Å². The van der Waals surface area contributed by atoms with Crippen molar-refractivity contribution in [3.05, 3.63) is 82.7 Å². The first-order chi connectivity index (χ1) is 17.2. The van der Waals surface area contributed by atoms with Gasteiger partial charge in [-0.05, 0) is 24.3 Å². The highest BCUT2D eigenvalue weighted by molar-refractivity contribution is 5.90. The molecule has 3 aromatic rings. The standard InChI is InChI=1S/C24H18F4N4O4/c25-16-9-14(32-12-15(36-24(32)35)11-30-23(34)22(27)28)10-17(26)21(16)31-19-8-13(4-3-6-20(19)33)18-5-1-2-7-29-18/h1-10,15,22H,11-12H2,(H,30,34)(H,31,33). The van der Waals surface area contributed by atoms with Crippen LogP contribution in [0.5, 0.6) is 0 Å². The molecule has 36 heavy (non-hydrogen) atoms. The van der Waals surface area contributed by atoms with Crippen LogP contribution in [0.3, 0.4) is 0 Å². The molecule has 1 aromatic heterocycles. The predicted molar refractivity (Wildman–Crippen MR) is 122 cm³/mol. The second-order valence-electron chi connectivity index (χ2n) is 7.69. The van der Waals surface area contributed by atoms with Gasteiger partial charge in [0.1, 0.15) is 11.8 Å². The van der Waals surface area contributed by atoms with Crippen LogP contribution in [-0.4, -0.2) is 42.6 Å². The van der Waals surface area contributed by atoms with Crippen LogP contribution in [0.4, 0.5) is 39.4 Å². The maximum absolute atomic E-state index is 14.9. The summed E-state index contributed by atoms with van der Waals surface area (Å²) in [6, 6.07) is 12.7. The molecule has 2 amide bonds. The summed E-state index contributed by atoms with van der Waals surface area (Å²) < 4.78 is 59.5. The summed E-state index contributed by atoms with van der Waals surface area (Å²) >= 11 is 0. The van der Waals surface area contributed by atoms with Gasteiger partial charge in [-0.2, -0.15) is 8.78 Å². The molecule has 12 heteroatoms. The van der Waals surface area contributed by atoms with Crippen molar-refractivity contribution in [3.8, 4) is 11.3 Å². The molecule has 2 heterocycles. The Morgan fingerprint density at radius 3 is 2.50 bits per heavy atom. The maximum Gasteiger partial charge on any atom is 0.414 e. The van der Waals surface area contributed by atoms with Gasteiger partial charge in [0.05, 0.1) is 30.2 Å². The summed E-state index contributed by atoms with van der Waals surface area (Å²) in [7, 11) is 0. The number of benzene rings is 1. The van der Waals surface area contributed by atoms with Crippen molar-refractivity contribution in [1.82, 2.24) is 10.3 Å². The van der Waals surface area contributed by atoms with E-state index >= 15 is 0 Å². The fourth-order valence-electron chi connectivity index (χ4n) is 3.49. The average molecular weight is 502 g/mol. The Balaban J connectivity index is 1.56. The summed E-state index contributed by atoms with van der Waals surface area (Å²) in [6.45, 7) is -0.632. The molecule has 1 saturated heterocycles. The number of cyclic esters (lactones) is 1. The second kappa shape index (κ2) is 10.4. The second-order valence-corrected chi connectivity index (χ2v) is 7.69. The number of halogens is 4. The molecule has 0 radical (unpaired) electrons. The van der Waals surface area contributed by atoms with Crippen molar-refractivity contribution >= 4 is 29.1 Å². The number of amides is 2. The molecule has 8 nitrogen and oxygen atoms in total. The van der Waals surface area contributed by atoms with Gasteiger partial charge >= 0.3 is 12.5 Å². The first-order valence-corrected chi connectivity index (χ1v) is 10.6. The van der Waals surface area contributed by atoms with Gasteiger partial charge in [-0.1, -0.05) is 18.2 Å². The number of carbonyl (C=O) groups is 2. The normalized spacial score (nSPS) is 15.1. The van der Waals surface area contributed by atoms with Gasteiger partial charge in [0.15, 0.2) is 11.6 Å². The zero-order valence-electron chi connectivity index (χ0n) is 18.4. The minimum atomic E-state index is -3.23. The lowest BCUT2D eigenvalue weighted by molar-refractivity contribution is -0.132. The van der Waals surface area contributed by atoms with E-state index in [0.717, 1.165) is 17.0 Å². The number of rotatable bonds is 7. The highest BCUT2D eigenvalue weighted by atomic mass is 19.3. The number of pyridine rings is 1. The van der Waals surface area contributed by atoms with Gasteiger partial charge < -0.3 is 15.4 Å². The van der Waals surface area contributed by atoms with Gasteiger partial charge in [-0.15, -0.1) is 0 Å². The number of nitrogens with zero attached hydrogens (tertiary/aromatic N) is 2. The number of aromatic nitrogens is 1. The molecule has 4 rings (SSSR count). The topological polar surface area (TPSA) is 101 Å². The lowest BCUT2D eigenvalue weighted by atomic mass is 10.1. The van der Waals surface area contributed by atoms with Gasteiger partial charge in [0.2, 0.25) is 5.43 Å². The Kier molecular flexibility index (Phi) is 7.13. The average Bonchev–Trinajstić information content (AvgIpc) is 3.12. The molecule has 1 aliphatic heterocycles. The molecule has 1 unspecified atom stereocenters. The van der Waals surface area contributed by atoms with Crippen molar-refractivity contribution in [3.63, 3.8) is 0 Å². The summed E-state index contributed by atoms with van der Waals surface area (Å²) in [5, 5.41) is 4.39. The van der Waals surface area contributed by atoms with Crippen molar-refractivity contribution in [2.24, 2.45) is 0 Å². The third-order valence-corrected chi connectivity index (χ3v) is 5.22. The third-order valence-electron chi connectivity index (χ3n) is 5.22. The Hall–Kier alpha value is -4.48. The van der Waals surface area contributed by atoms with Crippen molar-refractivity contribution in [1.29, 1.82) is 0 Å². The molecular weight excluding hydrogens is 484 g/mol. The molecule has 0 aliphatic carbocycles. The highest BCUT2D eigenvalue weighted by Crippen LogP contribution is 2.30. The van der Waals surface area contributed by atoms with E-state index < -0.39 is 53.8 Å². The van der Waals surface area contributed by atoms with E-state index in [2.05, 4.69) is 10.3 Å². The van der Waals surface area contributed by atoms with Gasteiger partial charge in [0, 0.05) is 23.9 Å². The van der Waals surface area contributed by atoms with Gasteiger partial charge in [-0.25, -0.2) is 13.6 Å². The van der Waals surface area contributed by atoms with Crippen LogP contribution >= 0.6 is 0 Å². The minimum Gasteiger partial charge on any atom is -0.442 e. The Bertz CT molecular complexity index is 1330. The van der Waals surface area contributed by atoms with Crippen LogP contribution in [0.1, 0.15) is 0 Å². The molecule has 1 atom stereocenters. The van der Waals surface area contributed by atoms with Crippen molar-refractivity contribution in [2.45, 2.75) is 12.5 Å². The molecule has 186 valence electrons. The molecule has 0 spiro atoms. The summed E-state index contributed by atoms with van der Waals surface area (Å²) in [5.41, 5.74) is -0.388. The van der Waals surface area contributed by atoms with E-state index in [9.17, 15) is 31.9 Å². The number of anilines is 3. The molecule has 1 fully saturated rings. The summed E-state index contributed by atoms with van der Waals surface area (Å²) in [5.74, 6) is -3.73. The Labute approximate surface area is 201 Å². The zero-order chi connectivity index (χ0) is 25.8. The first-order valence-electron chi connectivity index (χ1n) is 10.6. The Morgan fingerprint density at radius 2 is 1.83 bits per heavy atom. The maximum atomic E-state index is 14.9. The SMILES string of the molecule is O=C(NCC1CN(c2cc(F)c(Nc3cc(-c4ccccn4)cccc3=O)c(F)c2)C(=O)O1)C(F)F. The fourth-order valence-corrected chi connectivity index (χ4v) is 3.49. The molecule has 0 saturated carbocycles. The monoisotopic (exact) mass is 502 g/mol. The third kappa shape index (κ3) is 5.43. The molecular formula is C24H18F4N4O4. The van der Waals surface area contributed by atoms with Crippen LogP contribution in [0.25, 0.3) is 11.3 Å². The van der Waals surface area contributed by atoms with E-state index in [1.54, 1.807) is 30.5 Å². The largest absolute Gasteiger partial charge is 0.442 e.